The van der Waals surface area contributed by atoms with Gasteiger partial charge in [0, 0.05) is 6.42 Å². The lowest BCUT2D eigenvalue weighted by molar-refractivity contribution is -0.0250. The van der Waals surface area contributed by atoms with Gasteiger partial charge in [-0.05, 0) is 37.5 Å². The first-order chi connectivity index (χ1) is 7.06. The van der Waals surface area contributed by atoms with Gasteiger partial charge in [-0.25, -0.2) is 0 Å². The van der Waals surface area contributed by atoms with Crippen molar-refractivity contribution in [2.45, 2.75) is 64.4 Å². The molecule has 86 valence electrons. The molecule has 0 aromatic heterocycles. The van der Waals surface area contributed by atoms with E-state index < -0.39 is 5.60 Å². The minimum absolute atomic E-state index is 0.454. The molecule has 0 spiro atoms. The second-order valence-corrected chi connectivity index (χ2v) is 5.52. The lowest BCUT2D eigenvalue weighted by Gasteiger charge is -2.37. The molecule has 0 saturated heterocycles. The molecule has 0 bridgehead atoms. The third-order valence-corrected chi connectivity index (χ3v) is 3.46. The molecule has 2 atom stereocenters. The van der Waals surface area contributed by atoms with Crippen LogP contribution in [0.3, 0.4) is 0 Å². The second-order valence-electron chi connectivity index (χ2n) is 5.52. The topological polar surface area (TPSA) is 20.2 Å². The summed E-state index contributed by atoms with van der Waals surface area (Å²) in [6.45, 7) is 4.52. The average Bonchev–Trinajstić information content (AvgIpc) is 2.14. The van der Waals surface area contributed by atoms with E-state index in [-0.39, 0.29) is 0 Å². The quantitative estimate of drug-likeness (QED) is 0.702. The molecule has 0 amide bonds. The zero-order valence-electron chi connectivity index (χ0n) is 10.1. The molecule has 1 heteroatoms. The van der Waals surface area contributed by atoms with Crippen molar-refractivity contribution in [2.75, 3.05) is 0 Å². The summed E-state index contributed by atoms with van der Waals surface area (Å²) in [6, 6.07) is 0. The van der Waals surface area contributed by atoms with Crippen molar-refractivity contribution < 1.29 is 5.11 Å². The average molecular weight is 208 g/mol. The van der Waals surface area contributed by atoms with Crippen molar-refractivity contribution in [2.24, 2.45) is 11.8 Å². The van der Waals surface area contributed by atoms with Gasteiger partial charge in [-0.2, -0.15) is 0 Å². The van der Waals surface area contributed by atoms with Gasteiger partial charge in [0.1, 0.15) is 0 Å². The molecule has 1 fully saturated rings. The zero-order valence-corrected chi connectivity index (χ0v) is 10.1. The molecule has 1 N–H and O–H groups in total. The highest BCUT2D eigenvalue weighted by Gasteiger charge is 2.33. The van der Waals surface area contributed by atoms with E-state index in [1.807, 2.05) is 0 Å². The summed E-state index contributed by atoms with van der Waals surface area (Å²) in [7, 11) is 0. The maximum Gasteiger partial charge on any atom is 0.0659 e. The Balaban J connectivity index is 2.43. The minimum atomic E-state index is -0.454. The van der Waals surface area contributed by atoms with E-state index >= 15 is 0 Å². The Kier molecular flexibility index (Phi) is 4.67. The number of terminal acetylenes is 1. The number of hydrogen-bond donors (Lipinski definition) is 1. The van der Waals surface area contributed by atoms with Gasteiger partial charge < -0.3 is 5.11 Å². The van der Waals surface area contributed by atoms with Gasteiger partial charge in [-0.15, -0.1) is 12.3 Å². The second kappa shape index (κ2) is 5.56. The van der Waals surface area contributed by atoms with E-state index in [2.05, 4.69) is 19.8 Å². The molecule has 1 aliphatic carbocycles. The van der Waals surface area contributed by atoms with E-state index in [4.69, 9.17) is 6.42 Å². The van der Waals surface area contributed by atoms with Crippen LogP contribution in [0.4, 0.5) is 0 Å². The normalized spacial score (nSPS) is 31.5. The van der Waals surface area contributed by atoms with Crippen LogP contribution in [-0.2, 0) is 0 Å². The summed E-state index contributed by atoms with van der Waals surface area (Å²) in [4.78, 5) is 0. The van der Waals surface area contributed by atoms with Crippen LogP contribution in [0, 0.1) is 24.2 Å². The molecule has 0 aromatic carbocycles. The van der Waals surface area contributed by atoms with Crippen LogP contribution < -0.4 is 0 Å². The molecule has 1 rings (SSSR count). The first-order valence-electron chi connectivity index (χ1n) is 6.21. The molecule has 0 heterocycles. The number of aliphatic hydroxyl groups is 1. The molecule has 0 aromatic rings. The maximum atomic E-state index is 10.4. The predicted octanol–water partition coefficient (Wildman–Crippen LogP) is 3.37. The van der Waals surface area contributed by atoms with Crippen molar-refractivity contribution in [3.05, 3.63) is 0 Å². The predicted molar refractivity (Wildman–Crippen MR) is 64.4 cm³/mol. The Hall–Kier alpha value is -0.480. The summed E-state index contributed by atoms with van der Waals surface area (Å²) in [5.74, 6) is 4.09. The summed E-state index contributed by atoms with van der Waals surface area (Å²) in [5.41, 5.74) is -0.454. The van der Waals surface area contributed by atoms with E-state index in [0.717, 1.165) is 25.2 Å². The largest absolute Gasteiger partial charge is 0.390 e. The smallest absolute Gasteiger partial charge is 0.0659 e. The fraction of sp³-hybridized carbons (Fsp3) is 0.857. The van der Waals surface area contributed by atoms with Gasteiger partial charge in [-0.1, -0.05) is 26.7 Å². The molecule has 15 heavy (non-hydrogen) atoms. The highest BCUT2D eigenvalue weighted by molar-refractivity contribution is 4.92. The Labute approximate surface area is 94.3 Å². The fourth-order valence-electron chi connectivity index (χ4n) is 2.86. The fourth-order valence-corrected chi connectivity index (χ4v) is 2.86. The van der Waals surface area contributed by atoms with Gasteiger partial charge in [0.25, 0.3) is 0 Å². The van der Waals surface area contributed by atoms with E-state index in [1.165, 1.54) is 19.3 Å². The van der Waals surface area contributed by atoms with Gasteiger partial charge in [0.05, 0.1) is 5.60 Å². The zero-order chi connectivity index (χ0) is 11.3. The van der Waals surface area contributed by atoms with Crippen LogP contribution in [0.2, 0.25) is 0 Å². The summed E-state index contributed by atoms with van der Waals surface area (Å²) in [5, 5.41) is 10.4. The third-order valence-electron chi connectivity index (χ3n) is 3.46. The van der Waals surface area contributed by atoms with Crippen LogP contribution in [0.15, 0.2) is 0 Å². The molecule has 0 aliphatic heterocycles. The van der Waals surface area contributed by atoms with Crippen molar-refractivity contribution >= 4 is 0 Å². The lowest BCUT2D eigenvalue weighted by Crippen LogP contribution is -2.35. The molecule has 1 nitrogen and oxygen atoms in total. The molecule has 2 unspecified atom stereocenters. The lowest BCUT2D eigenvalue weighted by atomic mass is 9.73. The van der Waals surface area contributed by atoms with Crippen molar-refractivity contribution in [3.63, 3.8) is 0 Å². The minimum Gasteiger partial charge on any atom is -0.390 e. The monoisotopic (exact) mass is 208 g/mol. The van der Waals surface area contributed by atoms with Crippen LogP contribution >= 0.6 is 0 Å². The van der Waals surface area contributed by atoms with Crippen LogP contribution in [0.5, 0.6) is 0 Å². The highest BCUT2D eigenvalue weighted by atomic mass is 16.3. The van der Waals surface area contributed by atoms with Crippen LogP contribution in [0.1, 0.15) is 58.8 Å². The van der Waals surface area contributed by atoms with Crippen LogP contribution in [-0.4, -0.2) is 10.7 Å². The summed E-state index contributed by atoms with van der Waals surface area (Å²) < 4.78 is 0. The van der Waals surface area contributed by atoms with Gasteiger partial charge in [-0.3, -0.25) is 0 Å². The standard InChI is InChI=1S/C14H24O/c1-4-5-8-14(15)9-6-7-13(11-14)10-12(2)3/h1,12-13,15H,5-11H2,2-3H3. The van der Waals surface area contributed by atoms with Crippen molar-refractivity contribution in [1.82, 2.24) is 0 Å². The van der Waals surface area contributed by atoms with Gasteiger partial charge in [0.2, 0.25) is 0 Å². The van der Waals surface area contributed by atoms with Gasteiger partial charge >= 0.3 is 0 Å². The Morgan fingerprint density at radius 2 is 2.27 bits per heavy atom. The highest BCUT2D eigenvalue weighted by Crippen LogP contribution is 2.38. The maximum absolute atomic E-state index is 10.4. The number of rotatable bonds is 4. The summed E-state index contributed by atoms with van der Waals surface area (Å²) in [6.07, 6.45) is 12.4. The molecule has 1 saturated carbocycles. The molecular formula is C14H24O. The van der Waals surface area contributed by atoms with Crippen molar-refractivity contribution in [1.29, 1.82) is 0 Å². The molecule has 1 aliphatic rings. The first-order valence-corrected chi connectivity index (χ1v) is 6.21. The summed E-state index contributed by atoms with van der Waals surface area (Å²) >= 11 is 0. The van der Waals surface area contributed by atoms with E-state index in [9.17, 15) is 5.11 Å². The first kappa shape index (κ1) is 12.6. The number of hydrogen-bond acceptors (Lipinski definition) is 1. The van der Waals surface area contributed by atoms with Crippen molar-refractivity contribution in [3.8, 4) is 12.3 Å². The molecule has 0 radical (unpaired) electrons. The molecular weight excluding hydrogens is 184 g/mol. The third kappa shape index (κ3) is 4.26. The van der Waals surface area contributed by atoms with E-state index in [1.54, 1.807) is 0 Å². The van der Waals surface area contributed by atoms with E-state index in [0.29, 0.717) is 12.3 Å². The SMILES string of the molecule is C#CCCC1(O)CCCC(CC(C)C)C1. The van der Waals surface area contributed by atoms with Gasteiger partial charge in [0.15, 0.2) is 0 Å². The van der Waals surface area contributed by atoms with Crippen LogP contribution in [0.25, 0.3) is 0 Å². The Morgan fingerprint density at radius 3 is 2.87 bits per heavy atom. The Bertz CT molecular complexity index is 226. The Morgan fingerprint density at radius 1 is 1.53 bits per heavy atom.